The van der Waals surface area contributed by atoms with E-state index in [1.54, 1.807) is 0 Å². The van der Waals surface area contributed by atoms with Crippen LogP contribution < -0.4 is 26.1 Å². The van der Waals surface area contributed by atoms with Crippen LogP contribution in [0, 0.1) is 5.82 Å². The van der Waals surface area contributed by atoms with E-state index >= 15 is 4.39 Å². The fourth-order valence-electron chi connectivity index (χ4n) is 4.26. The number of hydrogen-bond donors (Lipinski definition) is 3. The van der Waals surface area contributed by atoms with Crippen LogP contribution in [0.25, 0.3) is 21.1 Å². The maximum absolute atomic E-state index is 15.3. The summed E-state index contributed by atoms with van der Waals surface area (Å²) >= 11 is 0.986. The molecule has 2 aliphatic rings. The van der Waals surface area contributed by atoms with E-state index in [-0.39, 0.29) is 21.7 Å². The standard InChI is InChI=1S/C20H21FN4O4S/c1-29-17-13-10(8-11(21)14(17)24-6-4-23-5-7-24)15(26)12-16(27)18(19(22)28)30-20(12)25(13)9-2-3-9/h8-9,23,27H,2-7H2,1H3,(H2,22,28). The molecule has 1 aliphatic heterocycles. The molecule has 1 aromatic carbocycles. The molecule has 8 nitrogen and oxygen atoms in total. The number of rotatable bonds is 4. The highest BCUT2D eigenvalue weighted by atomic mass is 32.1. The molecule has 1 aliphatic carbocycles. The Morgan fingerprint density at radius 2 is 2.07 bits per heavy atom. The van der Waals surface area contributed by atoms with E-state index in [1.165, 1.54) is 13.2 Å². The summed E-state index contributed by atoms with van der Waals surface area (Å²) in [4.78, 5) is 27.4. The third-order valence-electron chi connectivity index (χ3n) is 5.75. The van der Waals surface area contributed by atoms with E-state index < -0.39 is 22.9 Å². The number of thiophene rings is 1. The number of ether oxygens (including phenoxy) is 1. The van der Waals surface area contributed by atoms with Gasteiger partial charge in [0.15, 0.2) is 17.3 Å². The Hall–Kier alpha value is -2.85. The first kappa shape index (κ1) is 19.1. The molecule has 2 aromatic heterocycles. The van der Waals surface area contributed by atoms with E-state index in [1.807, 2.05) is 9.47 Å². The van der Waals surface area contributed by atoms with Gasteiger partial charge in [-0.1, -0.05) is 0 Å². The van der Waals surface area contributed by atoms with Crippen molar-refractivity contribution in [2.75, 3.05) is 38.2 Å². The second-order valence-corrected chi connectivity index (χ2v) is 8.63. The van der Waals surface area contributed by atoms with Crippen molar-refractivity contribution in [3.8, 4) is 11.5 Å². The summed E-state index contributed by atoms with van der Waals surface area (Å²) in [5.74, 6) is -1.50. The smallest absolute Gasteiger partial charge is 0.262 e. The van der Waals surface area contributed by atoms with E-state index in [4.69, 9.17) is 10.5 Å². The lowest BCUT2D eigenvalue weighted by molar-refractivity contribution is 0.100. The molecule has 3 aromatic rings. The van der Waals surface area contributed by atoms with Gasteiger partial charge in [0.05, 0.1) is 18.0 Å². The van der Waals surface area contributed by atoms with Crippen molar-refractivity contribution >= 4 is 44.1 Å². The molecule has 0 bridgehead atoms. The van der Waals surface area contributed by atoms with Crippen LogP contribution in [0.5, 0.6) is 11.5 Å². The molecule has 158 valence electrons. The summed E-state index contributed by atoms with van der Waals surface area (Å²) in [6.07, 6.45) is 1.75. The first-order valence-electron chi connectivity index (χ1n) is 9.79. The highest BCUT2D eigenvalue weighted by Gasteiger charge is 2.34. The number of aromatic nitrogens is 1. The fraction of sp³-hybridized carbons (Fsp3) is 0.400. The Labute approximate surface area is 174 Å². The highest BCUT2D eigenvalue weighted by molar-refractivity contribution is 7.21. The maximum atomic E-state index is 15.3. The summed E-state index contributed by atoms with van der Waals surface area (Å²) in [6.45, 7) is 2.66. The zero-order valence-electron chi connectivity index (χ0n) is 16.3. The number of nitrogens with zero attached hydrogens (tertiary/aromatic N) is 2. The number of nitrogens with two attached hydrogens (primary N) is 1. The average Bonchev–Trinajstić information content (AvgIpc) is 3.50. The number of halogens is 1. The number of amides is 1. The molecule has 30 heavy (non-hydrogen) atoms. The minimum absolute atomic E-state index is 0.00424. The molecule has 0 unspecified atom stereocenters. The van der Waals surface area contributed by atoms with Crippen LogP contribution in [-0.4, -0.2) is 48.9 Å². The van der Waals surface area contributed by atoms with Crippen molar-refractivity contribution in [3.63, 3.8) is 0 Å². The van der Waals surface area contributed by atoms with Gasteiger partial charge in [0.2, 0.25) is 5.43 Å². The molecule has 0 atom stereocenters. The molecule has 4 N–H and O–H groups in total. The van der Waals surface area contributed by atoms with E-state index in [9.17, 15) is 14.7 Å². The molecule has 0 radical (unpaired) electrons. The number of hydrogen-bond acceptors (Lipinski definition) is 7. The summed E-state index contributed by atoms with van der Waals surface area (Å²) in [6, 6.07) is 1.29. The predicted octanol–water partition coefficient (Wildman–Crippen LogP) is 1.91. The van der Waals surface area contributed by atoms with Crippen molar-refractivity contribution in [3.05, 3.63) is 27.0 Å². The minimum atomic E-state index is -0.806. The van der Waals surface area contributed by atoms with Gasteiger partial charge in [-0.15, -0.1) is 11.3 Å². The number of nitrogens with one attached hydrogen (secondary N) is 1. The van der Waals surface area contributed by atoms with E-state index in [0.29, 0.717) is 34.9 Å². The monoisotopic (exact) mass is 432 g/mol. The Morgan fingerprint density at radius 1 is 1.37 bits per heavy atom. The molecular weight excluding hydrogens is 411 g/mol. The zero-order chi connectivity index (χ0) is 21.2. The molecule has 1 saturated heterocycles. The first-order valence-corrected chi connectivity index (χ1v) is 10.6. The maximum Gasteiger partial charge on any atom is 0.262 e. The summed E-state index contributed by atoms with van der Waals surface area (Å²) in [7, 11) is 1.46. The average molecular weight is 432 g/mol. The lowest BCUT2D eigenvalue weighted by atomic mass is 10.1. The topological polar surface area (TPSA) is 110 Å². The van der Waals surface area contributed by atoms with Gasteiger partial charge in [0, 0.05) is 32.2 Å². The molecular formula is C20H21FN4O4S. The number of carbonyl (C=O) groups excluding carboxylic acids is 1. The van der Waals surface area contributed by atoms with Gasteiger partial charge in [-0.3, -0.25) is 9.59 Å². The second kappa shape index (κ2) is 6.85. The van der Waals surface area contributed by atoms with Crippen molar-refractivity contribution in [1.82, 2.24) is 9.88 Å². The van der Waals surface area contributed by atoms with Crippen LogP contribution >= 0.6 is 11.3 Å². The van der Waals surface area contributed by atoms with Gasteiger partial charge < -0.3 is 30.4 Å². The molecule has 1 amide bonds. The number of methoxy groups -OCH3 is 1. The number of pyridine rings is 1. The normalized spacial score (nSPS) is 17.1. The molecule has 0 spiro atoms. The molecule has 3 heterocycles. The number of fused-ring (bicyclic) bond motifs is 2. The van der Waals surface area contributed by atoms with Gasteiger partial charge in [0.1, 0.15) is 20.8 Å². The lowest BCUT2D eigenvalue weighted by Gasteiger charge is -2.31. The second-order valence-electron chi connectivity index (χ2n) is 7.63. The van der Waals surface area contributed by atoms with Crippen molar-refractivity contribution in [2.24, 2.45) is 5.73 Å². The van der Waals surface area contributed by atoms with Gasteiger partial charge >= 0.3 is 0 Å². The SMILES string of the molecule is COc1c(N2CCNCC2)c(F)cc2c(=O)c3c(O)c(C(N)=O)sc3n(C3CC3)c12. The third kappa shape index (κ3) is 2.67. The van der Waals surface area contributed by atoms with E-state index in [0.717, 1.165) is 37.3 Å². The summed E-state index contributed by atoms with van der Waals surface area (Å²) in [5.41, 5.74) is 5.68. The fourth-order valence-corrected chi connectivity index (χ4v) is 5.39. The van der Waals surface area contributed by atoms with Crippen LogP contribution in [-0.2, 0) is 0 Å². The first-order chi connectivity index (χ1) is 14.4. The van der Waals surface area contributed by atoms with Crippen molar-refractivity contribution < 1.29 is 19.0 Å². The van der Waals surface area contributed by atoms with Gasteiger partial charge in [-0.25, -0.2) is 4.39 Å². The van der Waals surface area contributed by atoms with Crippen LogP contribution in [0.3, 0.4) is 0 Å². The number of carbonyl (C=O) groups is 1. The van der Waals surface area contributed by atoms with Crippen molar-refractivity contribution in [2.45, 2.75) is 18.9 Å². The molecule has 1 saturated carbocycles. The number of piperazine rings is 1. The quantitative estimate of drug-likeness (QED) is 0.581. The lowest BCUT2D eigenvalue weighted by Crippen LogP contribution is -2.44. The Bertz CT molecular complexity index is 1260. The Kier molecular flexibility index (Phi) is 4.37. The Morgan fingerprint density at radius 3 is 2.67 bits per heavy atom. The van der Waals surface area contributed by atoms with E-state index in [2.05, 4.69) is 5.32 Å². The highest BCUT2D eigenvalue weighted by Crippen LogP contribution is 2.48. The Balaban J connectivity index is 1.94. The molecule has 2 fully saturated rings. The predicted molar refractivity (Wildman–Crippen MR) is 114 cm³/mol. The van der Waals surface area contributed by atoms with Crippen LogP contribution in [0.4, 0.5) is 10.1 Å². The number of anilines is 1. The summed E-state index contributed by atoms with van der Waals surface area (Å²) in [5, 5.41) is 13.9. The number of benzene rings is 1. The number of aromatic hydroxyl groups is 1. The molecule has 5 rings (SSSR count). The summed E-state index contributed by atoms with van der Waals surface area (Å²) < 4.78 is 22.9. The van der Waals surface area contributed by atoms with Gasteiger partial charge in [0.25, 0.3) is 5.91 Å². The zero-order valence-corrected chi connectivity index (χ0v) is 17.1. The minimum Gasteiger partial charge on any atom is -0.505 e. The van der Waals surface area contributed by atoms with Gasteiger partial charge in [-0.05, 0) is 18.9 Å². The van der Waals surface area contributed by atoms with Crippen LogP contribution in [0.15, 0.2) is 10.9 Å². The van der Waals surface area contributed by atoms with Crippen LogP contribution in [0.2, 0.25) is 0 Å². The van der Waals surface area contributed by atoms with Gasteiger partial charge in [-0.2, -0.15) is 0 Å². The van der Waals surface area contributed by atoms with Crippen molar-refractivity contribution in [1.29, 1.82) is 0 Å². The molecule has 10 heteroatoms. The largest absolute Gasteiger partial charge is 0.505 e. The third-order valence-corrected chi connectivity index (χ3v) is 6.94. The number of primary amides is 1. The van der Waals surface area contributed by atoms with Crippen LogP contribution in [0.1, 0.15) is 28.6 Å².